The van der Waals surface area contributed by atoms with Crippen LogP contribution in [0, 0.1) is 0 Å². The van der Waals surface area contributed by atoms with Crippen molar-refractivity contribution in [2.45, 2.75) is 37.6 Å². The van der Waals surface area contributed by atoms with Crippen molar-refractivity contribution in [2.75, 3.05) is 20.7 Å². The average Bonchev–Trinajstić information content (AvgIpc) is 2.38. The maximum atomic E-state index is 5.51. The van der Waals surface area contributed by atoms with Crippen LogP contribution >= 0.6 is 0 Å². The van der Waals surface area contributed by atoms with E-state index in [2.05, 4.69) is 30.1 Å². The number of hydrogen-bond donors (Lipinski definition) is 0. The van der Waals surface area contributed by atoms with Crippen LogP contribution in [0.25, 0.3) is 0 Å². The normalized spacial score (nSPS) is 28.4. The van der Waals surface area contributed by atoms with Crippen LogP contribution in [-0.2, 0) is 6.42 Å². The number of methoxy groups -OCH3 is 1. The van der Waals surface area contributed by atoms with Crippen molar-refractivity contribution in [1.29, 1.82) is 0 Å². The van der Waals surface area contributed by atoms with Gasteiger partial charge in [0.2, 0.25) is 0 Å². The highest BCUT2D eigenvalue weighted by Crippen LogP contribution is 2.42. The van der Waals surface area contributed by atoms with E-state index in [0.717, 1.165) is 17.7 Å². The summed E-state index contributed by atoms with van der Waals surface area (Å²) in [5, 5.41) is 0. The highest BCUT2D eigenvalue weighted by Gasteiger charge is 2.35. The van der Waals surface area contributed by atoms with E-state index in [4.69, 9.17) is 4.74 Å². The highest BCUT2D eigenvalue weighted by atomic mass is 16.5. The third-order valence-electron chi connectivity index (χ3n) is 4.54. The van der Waals surface area contributed by atoms with E-state index in [1.807, 2.05) is 0 Å². The van der Waals surface area contributed by atoms with Crippen LogP contribution in [-0.4, -0.2) is 31.6 Å². The number of benzene rings is 1. The van der Waals surface area contributed by atoms with Crippen LogP contribution < -0.4 is 4.74 Å². The zero-order chi connectivity index (χ0) is 11.8. The molecular formula is C15H21NO. The van der Waals surface area contributed by atoms with E-state index >= 15 is 0 Å². The third kappa shape index (κ3) is 1.75. The minimum Gasteiger partial charge on any atom is -0.496 e. The average molecular weight is 231 g/mol. The lowest BCUT2D eigenvalue weighted by Crippen LogP contribution is -2.44. The van der Waals surface area contributed by atoms with E-state index in [-0.39, 0.29) is 0 Å². The molecule has 1 heterocycles. The molecule has 0 N–H and O–H groups in total. The summed E-state index contributed by atoms with van der Waals surface area (Å²) in [6.07, 6.45) is 5.13. The molecule has 0 amide bonds. The van der Waals surface area contributed by atoms with E-state index in [1.165, 1.54) is 37.8 Å². The van der Waals surface area contributed by atoms with Gasteiger partial charge >= 0.3 is 0 Å². The number of rotatable bonds is 1. The Bertz CT molecular complexity index is 415. The van der Waals surface area contributed by atoms with Crippen LogP contribution in [0.3, 0.4) is 0 Å². The van der Waals surface area contributed by atoms with Gasteiger partial charge in [-0.15, -0.1) is 0 Å². The molecule has 2 atom stereocenters. The Morgan fingerprint density at radius 2 is 2.18 bits per heavy atom. The predicted molar refractivity (Wildman–Crippen MR) is 69.7 cm³/mol. The second-order valence-corrected chi connectivity index (χ2v) is 5.36. The summed E-state index contributed by atoms with van der Waals surface area (Å²) < 4.78 is 5.51. The molecule has 0 spiro atoms. The second-order valence-electron chi connectivity index (χ2n) is 5.36. The van der Waals surface area contributed by atoms with Crippen LogP contribution in [0.5, 0.6) is 5.75 Å². The number of likely N-dealkylation sites (tertiary alicyclic amines) is 1. The van der Waals surface area contributed by atoms with Crippen molar-refractivity contribution in [1.82, 2.24) is 4.90 Å². The van der Waals surface area contributed by atoms with Gasteiger partial charge in [-0.1, -0.05) is 12.1 Å². The zero-order valence-corrected chi connectivity index (χ0v) is 10.8. The molecule has 2 heteroatoms. The molecule has 0 radical (unpaired) electrons. The summed E-state index contributed by atoms with van der Waals surface area (Å²) in [4.78, 5) is 2.55. The number of hydrogen-bond acceptors (Lipinski definition) is 2. The second kappa shape index (κ2) is 4.34. The summed E-state index contributed by atoms with van der Waals surface area (Å²) in [5.74, 6) is 1.82. The van der Waals surface area contributed by atoms with E-state index < -0.39 is 0 Å². The maximum absolute atomic E-state index is 5.51. The van der Waals surface area contributed by atoms with Gasteiger partial charge in [0, 0.05) is 6.04 Å². The Morgan fingerprint density at radius 3 is 3.00 bits per heavy atom. The van der Waals surface area contributed by atoms with Crippen molar-refractivity contribution in [3.8, 4) is 5.75 Å². The number of likely N-dealkylation sites (N-methyl/N-ethyl adjacent to an activating group) is 1. The Balaban J connectivity index is 2.01. The van der Waals surface area contributed by atoms with Gasteiger partial charge in [0.05, 0.1) is 7.11 Å². The van der Waals surface area contributed by atoms with E-state index in [9.17, 15) is 0 Å². The SMILES string of the molecule is COc1cccc2c1CC[C@@H]1[C@H]2CCCN1C. The number of ether oxygens (including phenoxy) is 1. The molecule has 17 heavy (non-hydrogen) atoms. The summed E-state index contributed by atoms with van der Waals surface area (Å²) in [7, 11) is 4.07. The maximum Gasteiger partial charge on any atom is 0.122 e. The lowest BCUT2D eigenvalue weighted by atomic mass is 9.74. The number of piperidine rings is 1. The summed E-state index contributed by atoms with van der Waals surface area (Å²) >= 11 is 0. The first kappa shape index (κ1) is 11.1. The number of nitrogens with zero attached hydrogens (tertiary/aromatic N) is 1. The summed E-state index contributed by atoms with van der Waals surface area (Å²) in [6.45, 7) is 1.26. The Hall–Kier alpha value is -1.02. The molecular weight excluding hydrogens is 210 g/mol. The smallest absolute Gasteiger partial charge is 0.122 e. The molecule has 1 aliphatic heterocycles. The van der Waals surface area contributed by atoms with Gasteiger partial charge in [0.25, 0.3) is 0 Å². The molecule has 0 saturated carbocycles. The third-order valence-corrected chi connectivity index (χ3v) is 4.54. The standard InChI is InChI=1S/C15H21NO/c1-16-10-4-6-12-11-5-3-7-15(17-2)13(11)8-9-14(12)16/h3,5,7,12,14H,4,6,8-10H2,1-2H3/t12-,14+/m0/s1. The molecule has 1 fully saturated rings. The van der Waals surface area contributed by atoms with Gasteiger partial charge < -0.3 is 9.64 Å². The first-order chi connectivity index (χ1) is 8.31. The van der Waals surface area contributed by atoms with Crippen molar-refractivity contribution >= 4 is 0 Å². The first-order valence-corrected chi connectivity index (χ1v) is 6.67. The van der Waals surface area contributed by atoms with Crippen LogP contribution in [0.4, 0.5) is 0 Å². The first-order valence-electron chi connectivity index (χ1n) is 6.67. The quantitative estimate of drug-likeness (QED) is 0.737. The minimum atomic E-state index is 0.729. The lowest BCUT2D eigenvalue weighted by molar-refractivity contribution is 0.143. The van der Waals surface area contributed by atoms with Crippen molar-refractivity contribution in [3.05, 3.63) is 29.3 Å². The molecule has 0 unspecified atom stereocenters. The molecule has 92 valence electrons. The monoisotopic (exact) mass is 231 g/mol. The molecule has 1 aliphatic carbocycles. The van der Waals surface area contributed by atoms with Gasteiger partial charge in [-0.05, 0) is 62.4 Å². The fourth-order valence-corrected chi connectivity index (χ4v) is 3.69. The molecule has 3 rings (SSSR count). The molecule has 2 nitrogen and oxygen atoms in total. The minimum absolute atomic E-state index is 0.729. The van der Waals surface area contributed by atoms with Crippen LogP contribution in [0.15, 0.2) is 18.2 Å². The summed E-state index contributed by atoms with van der Waals surface area (Å²) in [6, 6.07) is 7.32. The van der Waals surface area contributed by atoms with Crippen LogP contribution in [0.1, 0.15) is 36.3 Å². The highest BCUT2D eigenvalue weighted by molar-refractivity contribution is 5.44. The Kier molecular flexibility index (Phi) is 2.83. The van der Waals surface area contributed by atoms with Crippen molar-refractivity contribution in [2.24, 2.45) is 0 Å². The van der Waals surface area contributed by atoms with Gasteiger partial charge in [0.15, 0.2) is 0 Å². The van der Waals surface area contributed by atoms with Crippen molar-refractivity contribution < 1.29 is 4.74 Å². The number of fused-ring (bicyclic) bond motifs is 3. The molecule has 1 aromatic carbocycles. The fraction of sp³-hybridized carbons (Fsp3) is 0.600. The Morgan fingerprint density at radius 1 is 1.29 bits per heavy atom. The molecule has 1 saturated heterocycles. The molecule has 0 aromatic heterocycles. The van der Waals surface area contributed by atoms with Gasteiger partial charge in [-0.3, -0.25) is 0 Å². The lowest BCUT2D eigenvalue weighted by Gasteiger charge is -2.43. The molecule has 1 aromatic rings. The van der Waals surface area contributed by atoms with E-state index in [1.54, 1.807) is 12.7 Å². The van der Waals surface area contributed by atoms with Crippen LogP contribution in [0.2, 0.25) is 0 Å². The topological polar surface area (TPSA) is 12.5 Å². The predicted octanol–water partition coefficient (Wildman–Crippen LogP) is 2.82. The molecule has 2 aliphatic rings. The van der Waals surface area contributed by atoms with Crippen molar-refractivity contribution in [3.63, 3.8) is 0 Å². The molecule has 0 bridgehead atoms. The van der Waals surface area contributed by atoms with Gasteiger partial charge in [0.1, 0.15) is 5.75 Å². The zero-order valence-electron chi connectivity index (χ0n) is 10.8. The van der Waals surface area contributed by atoms with Gasteiger partial charge in [-0.25, -0.2) is 0 Å². The van der Waals surface area contributed by atoms with Gasteiger partial charge in [-0.2, -0.15) is 0 Å². The Labute approximate surface area is 104 Å². The summed E-state index contributed by atoms with van der Waals surface area (Å²) in [5.41, 5.74) is 3.01. The fourth-order valence-electron chi connectivity index (χ4n) is 3.69. The van der Waals surface area contributed by atoms with E-state index in [0.29, 0.717) is 0 Å². The largest absolute Gasteiger partial charge is 0.496 e.